The topological polar surface area (TPSA) is 26.7 Å². The van der Waals surface area contributed by atoms with Gasteiger partial charge in [-0.15, -0.1) is 11.3 Å². The van der Waals surface area contributed by atoms with Crippen molar-refractivity contribution in [3.8, 4) is 0 Å². The number of nitrogens with zero attached hydrogens (tertiary/aromatic N) is 2. The van der Waals surface area contributed by atoms with Crippen molar-refractivity contribution in [2.24, 2.45) is 5.92 Å². The van der Waals surface area contributed by atoms with Crippen LogP contribution in [0.1, 0.15) is 25.1 Å². The average molecular weight is 282 g/mol. The Morgan fingerprint density at radius 2 is 2.05 bits per heavy atom. The van der Waals surface area contributed by atoms with E-state index in [-0.39, 0.29) is 5.92 Å². The average Bonchev–Trinajstić information content (AvgIpc) is 2.95. The molecule has 1 aliphatic heterocycles. The largest absolute Gasteiger partial charge is 0.384 e. The first-order valence-electron chi connectivity index (χ1n) is 7.23. The van der Waals surface area contributed by atoms with Gasteiger partial charge in [-0.2, -0.15) is 0 Å². The number of hydrogen-bond acceptors (Lipinski definition) is 4. The van der Waals surface area contributed by atoms with Crippen LogP contribution in [0, 0.1) is 5.92 Å². The quantitative estimate of drug-likeness (QED) is 0.897. The number of piperazine rings is 1. The van der Waals surface area contributed by atoms with Crippen LogP contribution in [-0.2, 0) is 5.60 Å². The molecule has 1 fully saturated rings. The van der Waals surface area contributed by atoms with Gasteiger partial charge in [0.1, 0.15) is 5.60 Å². The highest BCUT2D eigenvalue weighted by molar-refractivity contribution is 7.10. The zero-order chi connectivity index (χ0) is 13.9. The van der Waals surface area contributed by atoms with Crippen LogP contribution >= 0.6 is 11.3 Å². The normalized spacial score (nSPS) is 23.2. The lowest BCUT2D eigenvalue weighted by Crippen LogP contribution is -2.48. The van der Waals surface area contributed by atoms with Gasteiger partial charge in [0, 0.05) is 43.5 Å². The van der Waals surface area contributed by atoms with E-state index < -0.39 is 5.60 Å². The van der Waals surface area contributed by atoms with Crippen molar-refractivity contribution >= 4 is 11.3 Å². The summed E-state index contributed by atoms with van der Waals surface area (Å²) in [4.78, 5) is 5.96. The zero-order valence-corrected chi connectivity index (χ0v) is 13.1. The maximum Gasteiger partial charge on any atom is 0.102 e. The van der Waals surface area contributed by atoms with Gasteiger partial charge in [0.05, 0.1) is 0 Å². The fraction of sp³-hybridized carbons (Fsp3) is 0.733. The van der Waals surface area contributed by atoms with Gasteiger partial charge in [0.15, 0.2) is 0 Å². The van der Waals surface area contributed by atoms with Gasteiger partial charge in [0.25, 0.3) is 0 Å². The molecule has 1 aromatic rings. The molecule has 2 unspecified atom stereocenters. The molecule has 3 nitrogen and oxygen atoms in total. The fourth-order valence-corrected chi connectivity index (χ4v) is 3.87. The van der Waals surface area contributed by atoms with Gasteiger partial charge in [0.2, 0.25) is 0 Å². The molecule has 1 saturated heterocycles. The second kappa shape index (κ2) is 6.35. The van der Waals surface area contributed by atoms with Crippen molar-refractivity contribution in [2.45, 2.75) is 25.9 Å². The van der Waals surface area contributed by atoms with E-state index in [4.69, 9.17) is 0 Å². The van der Waals surface area contributed by atoms with Crippen LogP contribution < -0.4 is 0 Å². The first kappa shape index (κ1) is 15.0. The third-order valence-electron chi connectivity index (χ3n) is 4.43. The lowest BCUT2D eigenvalue weighted by atomic mass is 9.84. The zero-order valence-electron chi connectivity index (χ0n) is 12.3. The van der Waals surface area contributed by atoms with Crippen LogP contribution in [0.15, 0.2) is 17.5 Å². The molecular formula is C15H26N2OS. The van der Waals surface area contributed by atoms with Crippen molar-refractivity contribution in [1.29, 1.82) is 0 Å². The Bertz CT molecular complexity index is 374. The molecule has 0 spiro atoms. The van der Waals surface area contributed by atoms with Gasteiger partial charge in [-0.3, -0.25) is 0 Å². The Hall–Kier alpha value is -0.420. The molecule has 1 aromatic heterocycles. The Morgan fingerprint density at radius 1 is 1.37 bits per heavy atom. The van der Waals surface area contributed by atoms with Gasteiger partial charge in [-0.1, -0.05) is 19.9 Å². The van der Waals surface area contributed by atoms with E-state index >= 15 is 0 Å². The molecule has 4 heteroatoms. The molecule has 19 heavy (non-hydrogen) atoms. The molecule has 2 atom stereocenters. The molecule has 1 N–H and O–H groups in total. The summed E-state index contributed by atoms with van der Waals surface area (Å²) in [5, 5.41) is 13.1. The molecule has 0 saturated carbocycles. The SMILES string of the molecule is CCC(O)(c1cccs1)C(C)CN1CCN(C)CC1. The van der Waals surface area contributed by atoms with E-state index in [1.165, 1.54) is 0 Å². The predicted octanol–water partition coefficient (Wildman–Crippen LogP) is 2.23. The molecule has 0 bridgehead atoms. The molecule has 2 heterocycles. The minimum atomic E-state index is -0.669. The second-order valence-electron chi connectivity index (χ2n) is 5.76. The van der Waals surface area contributed by atoms with Crippen LogP contribution in [0.5, 0.6) is 0 Å². The van der Waals surface area contributed by atoms with Gasteiger partial charge in [-0.25, -0.2) is 0 Å². The number of hydrogen-bond donors (Lipinski definition) is 1. The Balaban J connectivity index is 1.99. The number of thiophene rings is 1. The lowest BCUT2D eigenvalue weighted by molar-refractivity contribution is -0.0341. The van der Waals surface area contributed by atoms with E-state index in [0.29, 0.717) is 0 Å². The van der Waals surface area contributed by atoms with Crippen LogP contribution in [0.4, 0.5) is 0 Å². The monoisotopic (exact) mass is 282 g/mol. The first-order chi connectivity index (χ1) is 9.06. The fourth-order valence-electron chi connectivity index (χ4n) is 2.86. The molecule has 2 rings (SSSR count). The van der Waals surface area contributed by atoms with E-state index in [9.17, 15) is 5.11 Å². The summed E-state index contributed by atoms with van der Waals surface area (Å²) in [6.07, 6.45) is 0.780. The highest BCUT2D eigenvalue weighted by Crippen LogP contribution is 2.36. The van der Waals surface area contributed by atoms with Crippen molar-refractivity contribution in [1.82, 2.24) is 9.80 Å². The summed E-state index contributed by atoms with van der Waals surface area (Å²) in [5.74, 6) is 0.263. The Morgan fingerprint density at radius 3 is 2.58 bits per heavy atom. The van der Waals surface area contributed by atoms with Crippen LogP contribution in [0.25, 0.3) is 0 Å². The second-order valence-corrected chi connectivity index (χ2v) is 6.71. The molecule has 0 aliphatic carbocycles. The standard InChI is InChI=1S/C15H26N2OS/c1-4-15(18,14-6-5-11-19-14)13(2)12-17-9-7-16(3)8-10-17/h5-6,11,13,18H,4,7-10,12H2,1-3H3. The Kier molecular flexibility index (Phi) is 5.01. The van der Waals surface area contributed by atoms with Gasteiger partial charge >= 0.3 is 0 Å². The summed E-state index contributed by atoms with van der Waals surface area (Å²) < 4.78 is 0. The highest BCUT2D eigenvalue weighted by Gasteiger charge is 2.36. The van der Waals surface area contributed by atoms with Gasteiger partial charge < -0.3 is 14.9 Å². The molecular weight excluding hydrogens is 256 g/mol. The van der Waals surface area contributed by atoms with Crippen molar-refractivity contribution in [3.63, 3.8) is 0 Å². The van der Waals surface area contributed by atoms with Gasteiger partial charge in [-0.05, 0) is 24.9 Å². The molecule has 0 amide bonds. The smallest absolute Gasteiger partial charge is 0.102 e. The third-order valence-corrected chi connectivity index (χ3v) is 5.47. The molecule has 108 valence electrons. The van der Waals surface area contributed by atoms with Crippen molar-refractivity contribution in [3.05, 3.63) is 22.4 Å². The van der Waals surface area contributed by atoms with Crippen molar-refractivity contribution in [2.75, 3.05) is 39.8 Å². The number of likely N-dealkylation sites (N-methyl/N-ethyl adjacent to an activating group) is 1. The summed E-state index contributed by atoms with van der Waals surface area (Å²) >= 11 is 1.67. The summed E-state index contributed by atoms with van der Waals surface area (Å²) in [7, 11) is 2.18. The Labute approximate surface area is 120 Å². The maximum atomic E-state index is 11.0. The first-order valence-corrected chi connectivity index (χ1v) is 8.11. The molecule has 0 radical (unpaired) electrons. The molecule has 1 aliphatic rings. The van der Waals surface area contributed by atoms with Crippen LogP contribution in [0.2, 0.25) is 0 Å². The van der Waals surface area contributed by atoms with E-state index in [0.717, 1.165) is 44.0 Å². The third kappa shape index (κ3) is 3.37. The summed E-state index contributed by atoms with van der Waals surface area (Å²) in [6, 6.07) is 4.10. The van der Waals surface area contributed by atoms with Crippen LogP contribution in [-0.4, -0.2) is 54.7 Å². The predicted molar refractivity (Wildman–Crippen MR) is 81.6 cm³/mol. The van der Waals surface area contributed by atoms with Crippen LogP contribution in [0.3, 0.4) is 0 Å². The van der Waals surface area contributed by atoms with Crippen molar-refractivity contribution < 1.29 is 5.11 Å². The van der Waals surface area contributed by atoms with E-state index in [2.05, 4.69) is 42.1 Å². The minimum Gasteiger partial charge on any atom is -0.384 e. The number of rotatable bonds is 5. The van der Waals surface area contributed by atoms with E-state index in [1.54, 1.807) is 11.3 Å². The minimum absolute atomic E-state index is 0.263. The lowest BCUT2D eigenvalue weighted by Gasteiger charge is -2.39. The molecule has 0 aromatic carbocycles. The highest BCUT2D eigenvalue weighted by atomic mass is 32.1. The number of aliphatic hydroxyl groups is 1. The maximum absolute atomic E-state index is 11.0. The van der Waals surface area contributed by atoms with E-state index in [1.807, 2.05) is 6.07 Å². The summed E-state index contributed by atoms with van der Waals surface area (Å²) in [6.45, 7) is 9.75. The summed E-state index contributed by atoms with van der Waals surface area (Å²) in [5.41, 5.74) is -0.669.